The van der Waals surface area contributed by atoms with E-state index in [2.05, 4.69) is 36.9 Å². The summed E-state index contributed by atoms with van der Waals surface area (Å²) in [5.41, 5.74) is -0.997. The molecule has 2 aliphatic carbocycles. The summed E-state index contributed by atoms with van der Waals surface area (Å²) >= 11 is 6.32. The van der Waals surface area contributed by atoms with Crippen LogP contribution in [0, 0.1) is 11.8 Å². The van der Waals surface area contributed by atoms with E-state index >= 15 is 0 Å². The molecule has 2 saturated carbocycles. The molecule has 3 N–H and O–H groups in total. The number of likely N-dealkylation sites (tertiary alicyclic amines) is 1. The molecule has 14 nitrogen and oxygen atoms in total. The number of ether oxygens (including phenoxy) is 2. The third kappa shape index (κ3) is 6.99. The van der Waals surface area contributed by atoms with Crippen LogP contribution in [0.1, 0.15) is 39.5 Å². The number of aromatic nitrogens is 3. The van der Waals surface area contributed by atoms with Gasteiger partial charge >= 0.3 is 0 Å². The van der Waals surface area contributed by atoms with Crippen molar-refractivity contribution in [2.75, 3.05) is 19.0 Å². The lowest BCUT2D eigenvalue weighted by Gasteiger charge is -2.31. The van der Waals surface area contributed by atoms with Crippen molar-refractivity contribution >= 4 is 55.8 Å². The van der Waals surface area contributed by atoms with Crippen molar-refractivity contribution in [2.45, 2.75) is 68.5 Å². The predicted molar refractivity (Wildman–Crippen MR) is 181 cm³/mol. The molecule has 1 aromatic carbocycles. The van der Waals surface area contributed by atoms with E-state index < -0.39 is 56.7 Å². The van der Waals surface area contributed by atoms with E-state index in [1.54, 1.807) is 30.6 Å². The van der Waals surface area contributed by atoms with E-state index in [1.165, 1.54) is 30.6 Å². The largest absolute Gasteiger partial charge is 0.494 e. The summed E-state index contributed by atoms with van der Waals surface area (Å²) in [6.45, 7) is 7.52. The fraction of sp³-hybridized carbons (Fsp3) is 0.455. The molecule has 5 atom stereocenters. The van der Waals surface area contributed by atoms with E-state index in [9.17, 15) is 22.8 Å². The standard InChI is InChI=1S/C33H38ClN7O7S/c1-5-19-12-33(19,32(44)40-49(45,46)23-7-8-23)39-29(42)26-11-22(48-30-25-10-20(34)6-9-24(25)27(47-4)15-37-30)16-41(26)31(43)28(18(2)3)38-21-13-35-17-36-14-21/h5-6,9-10,13-15,17-19,22-23,26,28,38H,1,7-8,11-12,16H2,2-4H3,(H,39,42)(H,40,44)/t19-,22-,26+,28+,33-/m1/s1. The van der Waals surface area contributed by atoms with Gasteiger partial charge in [-0.1, -0.05) is 31.5 Å². The van der Waals surface area contributed by atoms with Gasteiger partial charge in [-0.25, -0.2) is 23.4 Å². The first-order valence-corrected chi connectivity index (χ1v) is 17.9. The third-order valence-corrected chi connectivity index (χ3v) is 11.2. The molecule has 3 amide bonds. The molecule has 3 aromatic rings. The first-order valence-electron chi connectivity index (χ1n) is 16.0. The highest BCUT2D eigenvalue weighted by molar-refractivity contribution is 7.91. The molecule has 0 bridgehead atoms. The molecule has 3 fully saturated rings. The van der Waals surface area contributed by atoms with Crippen molar-refractivity contribution < 1.29 is 32.3 Å². The Labute approximate surface area is 289 Å². The maximum absolute atomic E-state index is 14.3. The summed E-state index contributed by atoms with van der Waals surface area (Å²) in [4.78, 5) is 55.8. The highest BCUT2D eigenvalue weighted by Gasteiger charge is 2.62. The Morgan fingerprint density at radius 1 is 1.14 bits per heavy atom. The smallest absolute Gasteiger partial charge is 0.259 e. The van der Waals surface area contributed by atoms with Gasteiger partial charge in [0, 0.05) is 28.1 Å². The van der Waals surface area contributed by atoms with E-state index in [0.717, 1.165) is 0 Å². The topological polar surface area (TPSA) is 182 Å². The van der Waals surface area contributed by atoms with Crippen LogP contribution in [0.4, 0.5) is 5.69 Å². The average molecular weight is 712 g/mol. The molecule has 49 heavy (non-hydrogen) atoms. The van der Waals surface area contributed by atoms with Gasteiger partial charge in [0.1, 0.15) is 35.8 Å². The van der Waals surface area contributed by atoms with Gasteiger partial charge in [0.05, 0.1) is 43.2 Å². The Bertz CT molecular complexity index is 1890. The lowest BCUT2D eigenvalue weighted by molar-refractivity contribution is -0.140. The molecule has 1 aliphatic heterocycles. The summed E-state index contributed by atoms with van der Waals surface area (Å²) in [6, 6.07) is 3.36. The van der Waals surface area contributed by atoms with Crippen LogP contribution >= 0.6 is 11.6 Å². The fourth-order valence-electron chi connectivity index (χ4n) is 6.22. The summed E-state index contributed by atoms with van der Waals surface area (Å²) in [6.07, 6.45) is 7.98. The number of nitrogens with zero attached hydrogens (tertiary/aromatic N) is 4. The Hall–Kier alpha value is -4.50. The highest BCUT2D eigenvalue weighted by atomic mass is 35.5. The fourth-order valence-corrected chi connectivity index (χ4v) is 7.75. The Morgan fingerprint density at radius 3 is 2.51 bits per heavy atom. The molecule has 260 valence electrons. The first-order chi connectivity index (χ1) is 23.4. The summed E-state index contributed by atoms with van der Waals surface area (Å²) < 4.78 is 39.3. The van der Waals surface area contributed by atoms with Gasteiger partial charge in [-0.3, -0.25) is 19.1 Å². The quantitative estimate of drug-likeness (QED) is 0.222. The Kier molecular flexibility index (Phi) is 9.42. The van der Waals surface area contributed by atoms with Gasteiger partial charge in [-0.15, -0.1) is 6.58 Å². The molecule has 3 heterocycles. The van der Waals surface area contributed by atoms with Crippen molar-refractivity contribution in [3.63, 3.8) is 0 Å². The average Bonchev–Trinajstić information content (AvgIpc) is 4.00. The highest BCUT2D eigenvalue weighted by Crippen LogP contribution is 2.45. The maximum Gasteiger partial charge on any atom is 0.259 e. The number of rotatable bonds is 13. The molecule has 0 radical (unpaired) electrons. The molecule has 0 unspecified atom stereocenters. The zero-order valence-electron chi connectivity index (χ0n) is 27.3. The van der Waals surface area contributed by atoms with Gasteiger partial charge in [0.2, 0.25) is 27.7 Å². The second-order valence-corrected chi connectivity index (χ2v) is 15.4. The van der Waals surface area contributed by atoms with Crippen molar-refractivity contribution in [1.82, 2.24) is 29.9 Å². The van der Waals surface area contributed by atoms with Crippen LogP contribution in [0.3, 0.4) is 0 Å². The van der Waals surface area contributed by atoms with Crippen LogP contribution in [-0.4, -0.2) is 88.6 Å². The number of pyridine rings is 1. The number of anilines is 1. The van der Waals surface area contributed by atoms with Gasteiger partial charge in [-0.2, -0.15) is 0 Å². The van der Waals surface area contributed by atoms with E-state index in [-0.39, 0.29) is 37.1 Å². The van der Waals surface area contributed by atoms with Gasteiger partial charge < -0.3 is 25.0 Å². The molecule has 16 heteroatoms. The summed E-state index contributed by atoms with van der Waals surface area (Å²) in [5.74, 6) is -1.78. The van der Waals surface area contributed by atoms with Crippen LogP contribution in [-0.2, 0) is 24.4 Å². The normalized spacial score (nSPS) is 23.9. The number of nitrogens with one attached hydrogen (secondary N) is 3. The predicted octanol–water partition coefficient (Wildman–Crippen LogP) is 2.84. The number of carbonyl (C=O) groups excluding carboxylic acids is 3. The molecular formula is C33H38ClN7O7S. The van der Waals surface area contributed by atoms with Crippen LogP contribution in [0.25, 0.3) is 10.8 Å². The first kappa shape index (κ1) is 34.4. The second kappa shape index (κ2) is 13.4. The summed E-state index contributed by atoms with van der Waals surface area (Å²) in [5, 5.41) is 7.12. The van der Waals surface area contributed by atoms with E-state index in [1.807, 2.05) is 13.8 Å². The van der Waals surface area contributed by atoms with E-state index in [0.29, 0.717) is 40.1 Å². The molecule has 3 aliphatic rings. The SMILES string of the molecule is C=C[C@@H]1C[C@]1(NC(=O)[C@@H]1C[C@@H](Oc2ncc(OC)c3ccc(Cl)cc23)CN1C(=O)[C@@H](Nc1cncnc1)C(C)C)C(=O)NS(=O)(=O)C1CC1. The lowest BCUT2D eigenvalue weighted by Crippen LogP contribution is -2.58. The van der Waals surface area contributed by atoms with Gasteiger partial charge in [-0.05, 0) is 43.4 Å². The number of carbonyl (C=O) groups is 3. The number of hydrogen-bond donors (Lipinski definition) is 3. The minimum Gasteiger partial charge on any atom is -0.494 e. The van der Waals surface area contributed by atoms with Gasteiger partial charge in [0.25, 0.3) is 5.91 Å². The van der Waals surface area contributed by atoms with E-state index in [4.69, 9.17) is 21.1 Å². The number of hydrogen-bond acceptors (Lipinski definition) is 11. The van der Waals surface area contributed by atoms with Crippen molar-refractivity contribution in [3.05, 3.63) is 60.8 Å². The number of fused-ring (bicyclic) bond motifs is 1. The number of benzene rings is 1. The van der Waals surface area contributed by atoms with Crippen molar-refractivity contribution in [2.24, 2.45) is 11.8 Å². The van der Waals surface area contributed by atoms with Gasteiger partial charge in [0.15, 0.2) is 0 Å². The van der Waals surface area contributed by atoms with Crippen LogP contribution in [0.2, 0.25) is 5.02 Å². The number of halogens is 1. The molecule has 6 rings (SSSR count). The Morgan fingerprint density at radius 2 is 1.88 bits per heavy atom. The zero-order valence-corrected chi connectivity index (χ0v) is 28.8. The van der Waals surface area contributed by atoms with Crippen LogP contribution in [0.5, 0.6) is 11.6 Å². The summed E-state index contributed by atoms with van der Waals surface area (Å²) in [7, 11) is -2.34. The number of amides is 3. The van der Waals surface area contributed by atoms with Crippen molar-refractivity contribution in [3.8, 4) is 11.6 Å². The number of methoxy groups -OCH3 is 1. The third-order valence-electron chi connectivity index (χ3n) is 9.19. The molecule has 2 aromatic heterocycles. The van der Waals surface area contributed by atoms with Crippen molar-refractivity contribution in [1.29, 1.82) is 0 Å². The second-order valence-electron chi connectivity index (χ2n) is 13.0. The van der Waals surface area contributed by atoms with Crippen LogP contribution in [0.15, 0.2) is 55.8 Å². The molecular weight excluding hydrogens is 674 g/mol. The maximum atomic E-state index is 14.3. The number of sulfonamides is 1. The molecule has 0 spiro atoms. The minimum atomic E-state index is -3.87. The minimum absolute atomic E-state index is 0.0169. The lowest BCUT2D eigenvalue weighted by atomic mass is 10.0. The zero-order chi connectivity index (χ0) is 35.1. The molecule has 1 saturated heterocycles. The Balaban J connectivity index is 1.29. The van der Waals surface area contributed by atoms with Crippen LogP contribution < -0.4 is 24.8 Å². The monoisotopic (exact) mass is 711 g/mol.